The fourth-order valence-electron chi connectivity index (χ4n) is 3.51. The van der Waals surface area contributed by atoms with Crippen molar-refractivity contribution in [3.05, 3.63) is 90.5 Å². The van der Waals surface area contributed by atoms with Crippen molar-refractivity contribution in [2.24, 2.45) is 0 Å². The van der Waals surface area contributed by atoms with Gasteiger partial charge in [0.25, 0.3) is 0 Å². The number of rotatable bonds is 10. The summed E-state index contributed by atoms with van der Waals surface area (Å²) in [5.41, 5.74) is 6.76. The normalized spacial score (nSPS) is 10.5. The monoisotopic (exact) mass is 416 g/mol. The van der Waals surface area contributed by atoms with Crippen LogP contribution in [0.3, 0.4) is 0 Å². The Kier molecular flexibility index (Phi) is 8.02. The molecule has 0 spiro atoms. The van der Waals surface area contributed by atoms with Crippen LogP contribution in [0.4, 0.5) is 0 Å². The van der Waals surface area contributed by atoms with Crippen molar-refractivity contribution in [3.8, 4) is 28.0 Å². The highest BCUT2D eigenvalue weighted by Crippen LogP contribution is 2.33. The molecule has 0 aliphatic heterocycles. The molecule has 0 atom stereocenters. The Morgan fingerprint density at radius 1 is 0.935 bits per heavy atom. The van der Waals surface area contributed by atoms with E-state index in [1.807, 2.05) is 30.3 Å². The topological polar surface area (TPSA) is 55.8 Å². The Labute approximate surface area is 183 Å². The molecular formula is C27H28O4. The number of carbonyl (C=O) groups excluding carboxylic acids is 1. The highest BCUT2D eigenvalue weighted by molar-refractivity contribution is 5.81. The Morgan fingerprint density at radius 2 is 1.71 bits per heavy atom. The number of hydrogen-bond acceptors (Lipinski definition) is 4. The largest absolute Gasteiger partial charge is 0.490 e. The first-order valence-electron chi connectivity index (χ1n) is 10.5. The highest BCUT2D eigenvalue weighted by atomic mass is 16.6. The molecule has 3 aromatic carbocycles. The van der Waals surface area contributed by atoms with E-state index in [0.29, 0.717) is 12.2 Å². The van der Waals surface area contributed by atoms with Gasteiger partial charge in [-0.3, -0.25) is 0 Å². The van der Waals surface area contributed by atoms with E-state index in [1.54, 1.807) is 0 Å². The Balaban J connectivity index is 1.87. The average Bonchev–Trinajstić information content (AvgIpc) is 2.82. The maximum atomic E-state index is 11.2. The molecule has 0 saturated heterocycles. The van der Waals surface area contributed by atoms with E-state index in [9.17, 15) is 9.90 Å². The van der Waals surface area contributed by atoms with Crippen LogP contribution in [0.5, 0.6) is 5.75 Å². The number of aliphatic hydroxyl groups is 1. The van der Waals surface area contributed by atoms with Crippen LogP contribution >= 0.6 is 0 Å². The van der Waals surface area contributed by atoms with Crippen molar-refractivity contribution < 1.29 is 19.4 Å². The number of benzene rings is 3. The first kappa shape index (κ1) is 22.3. The van der Waals surface area contributed by atoms with Gasteiger partial charge in [0.2, 0.25) is 0 Å². The number of esters is 1. The van der Waals surface area contributed by atoms with Gasteiger partial charge in [0.15, 0.2) is 0 Å². The van der Waals surface area contributed by atoms with Crippen LogP contribution in [0.25, 0.3) is 22.3 Å². The van der Waals surface area contributed by atoms with Crippen LogP contribution in [-0.2, 0) is 22.4 Å². The van der Waals surface area contributed by atoms with E-state index < -0.39 is 5.97 Å². The maximum absolute atomic E-state index is 11.2. The fourth-order valence-corrected chi connectivity index (χ4v) is 3.51. The lowest BCUT2D eigenvalue weighted by Gasteiger charge is -2.15. The van der Waals surface area contributed by atoms with E-state index in [1.165, 1.54) is 16.7 Å². The number of aryl methyl sites for hydroxylation is 1. The second-order valence-corrected chi connectivity index (χ2v) is 7.11. The summed E-state index contributed by atoms with van der Waals surface area (Å²) in [7, 11) is 0. The van der Waals surface area contributed by atoms with Crippen molar-refractivity contribution in [2.45, 2.75) is 19.8 Å². The minimum atomic E-state index is -0.473. The van der Waals surface area contributed by atoms with Crippen LogP contribution in [-0.4, -0.2) is 30.9 Å². The molecule has 0 heterocycles. The van der Waals surface area contributed by atoms with Crippen LogP contribution in [0.1, 0.15) is 18.1 Å². The highest BCUT2D eigenvalue weighted by Gasteiger charge is 2.11. The maximum Gasteiger partial charge on any atom is 0.330 e. The van der Waals surface area contributed by atoms with Gasteiger partial charge in [-0.05, 0) is 52.3 Å². The van der Waals surface area contributed by atoms with Crippen molar-refractivity contribution in [2.75, 3.05) is 19.8 Å². The van der Waals surface area contributed by atoms with Gasteiger partial charge in [0.05, 0.1) is 0 Å². The Morgan fingerprint density at radius 3 is 2.42 bits per heavy atom. The molecule has 4 nitrogen and oxygen atoms in total. The molecule has 0 amide bonds. The first-order valence-corrected chi connectivity index (χ1v) is 10.5. The van der Waals surface area contributed by atoms with E-state index in [0.717, 1.165) is 29.2 Å². The number of hydrogen-bond donors (Lipinski definition) is 1. The van der Waals surface area contributed by atoms with Crippen molar-refractivity contribution >= 4 is 5.97 Å². The van der Waals surface area contributed by atoms with Gasteiger partial charge in [0, 0.05) is 12.7 Å². The summed E-state index contributed by atoms with van der Waals surface area (Å²) >= 11 is 0. The second-order valence-electron chi connectivity index (χ2n) is 7.11. The molecule has 4 heteroatoms. The third-order valence-corrected chi connectivity index (χ3v) is 5.10. The van der Waals surface area contributed by atoms with E-state index >= 15 is 0 Å². The molecule has 0 aliphatic rings. The average molecular weight is 417 g/mol. The molecule has 0 radical (unpaired) electrons. The van der Waals surface area contributed by atoms with Crippen LogP contribution in [0.2, 0.25) is 0 Å². The van der Waals surface area contributed by atoms with Crippen molar-refractivity contribution in [3.63, 3.8) is 0 Å². The predicted octanol–water partition coefficient (Wildman–Crippen LogP) is 5.23. The van der Waals surface area contributed by atoms with Gasteiger partial charge in [-0.25, -0.2) is 4.79 Å². The third kappa shape index (κ3) is 5.83. The number of ether oxygens (including phenoxy) is 2. The molecule has 0 bridgehead atoms. The second kappa shape index (κ2) is 11.1. The van der Waals surface area contributed by atoms with E-state index in [2.05, 4.69) is 49.9 Å². The summed E-state index contributed by atoms with van der Waals surface area (Å²) in [6.07, 6.45) is 2.53. The van der Waals surface area contributed by atoms with Gasteiger partial charge in [-0.1, -0.05) is 74.2 Å². The molecule has 3 aromatic rings. The van der Waals surface area contributed by atoms with Gasteiger partial charge >= 0.3 is 5.97 Å². The lowest BCUT2D eigenvalue weighted by atomic mass is 9.93. The summed E-state index contributed by atoms with van der Waals surface area (Å²) < 4.78 is 10.9. The SMILES string of the molecule is C=CC(=O)OCCOc1cc(-c2ccc(-c3ccccc3)cc2CC)ccc1CCO. The zero-order chi connectivity index (χ0) is 22.1. The van der Waals surface area contributed by atoms with Crippen LogP contribution in [0.15, 0.2) is 79.4 Å². The summed E-state index contributed by atoms with van der Waals surface area (Å²) in [5.74, 6) is 0.217. The zero-order valence-corrected chi connectivity index (χ0v) is 17.8. The Bertz CT molecular complexity index is 1020. The van der Waals surface area contributed by atoms with Crippen LogP contribution in [0, 0.1) is 0 Å². The number of aliphatic hydroxyl groups excluding tert-OH is 1. The zero-order valence-electron chi connectivity index (χ0n) is 17.8. The molecule has 160 valence electrons. The molecule has 31 heavy (non-hydrogen) atoms. The molecule has 0 saturated carbocycles. The molecular weight excluding hydrogens is 388 g/mol. The summed E-state index contributed by atoms with van der Waals surface area (Å²) in [6.45, 7) is 5.94. The van der Waals surface area contributed by atoms with Crippen molar-refractivity contribution in [1.82, 2.24) is 0 Å². The van der Waals surface area contributed by atoms with Gasteiger partial charge in [0.1, 0.15) is 19.0 Å². The van der Waals surface area contributed by atoms with E-state index in [-0.39, 0.29) is 19.8 Å². The summed E-state index contributed by atoms with van der Waals surface area (Å²) in [6, 6.07) is 22.9. The summed E-state index contributed by atoms with van der Waals surface area (Å²) in [5, 5.41) is 9.39. The van der Waals surface area contributed by atoms with Gasteiger partial charge in [-0.2, -0.15) is 0 Å². The lowest BCUT2D eigenvalue weighted by Crippen LogP contribution is -2.11. The minimum Gasteiger partial charge on any atom is -0.490 e. The molecule has 0 unspecified atom stereocenters. The number of carbonyl (C=O) groups is 1. The van der Waals surface area contributed by atoms with Gasteiger partial charge in [-0.15, -0.1) is 0 Å². The minimum absolute atomic E-state index is 0.0349. The van der Waals surface area contributed by atoms with Gasteiger partial charge < -0.3 is 14.6 Å². The molecule has 3 rings (SSSR count). The predicted molar refractivity (Wildman–Crippen MR) is 124 cm³/mol. The third-order valence-electron chi connectivity index (χ3n) is 5.10. The lowest BCUT2D eigenvalue weighted by molar-refractivity contribution is -0.138. The molecule has 0 aliphatic carbocycles. The standard InChI is InChI=1S/C27H28O4/c1-3-20-18-23(21-8-6-5-7-9-21)12-13-25(20)24-11-10-22(14-15-28)26(19-24)30-16-17-31-27(29)4-2/h4-13,18-19,28H,2-3,14-17H2,1H3. The Hall–Kier alpha value is -3.37. The molecule has 0 aromatic heterocycles. The molecule has 1 N–H and O–H groups in total. The fraction of sp³-hybridized carbons (Fsp3) is 0.222. The molecule has 0 fully saturated rings. The first-order chi connectivity index (χ1) is 15.2. The van der Waals surface area contributed by atoms with Crippen molar-refractivity contribution in [1.29, 1.82) is 0 Å². The smallest absolute Gasteiger partial charge is 0.330 e. The quantitative estimate of drug-likeness (QED) is 0.279. The summed E-state index contributed by atoms with van der Waals surface area (Å²) in [4.78, 5) is 11.2. The van der Waals surface area contributed by atoms with E-state index in [4.69, 9.17) is 9.47 Å². The van der Waals surface area contributed by atoms with Crippen LogP contribution < -0.4 is 4.74 Å².